The number of aromatic nitrogens is 5. The molecule has 0 unspecified atom stereocenters. The number of nitrogens with zero attached hydrogens (tertiary/aromatic N) is 5. The zero-order valence-electron chi connectivity index (χ0n) is 16.4. The van der Waals surface area contributed by atoms with Crippen LogP contribution in [0.2, 0.25) is 0 Å². The summed E-state index contributed by atoms with van der Waals surface area (Å²) in [5.41, 5.74) is 3.90. The van der Waals surface area contributed by atoms with Crippen LogP contribution in [0, 0.1) is 0 Å². The van der Waals surface area contributed by atoms with Crippen LogP contribution < -0.4 is 9.79 Å². The van der Waals surface area contributed by atoms with Crippen molar-refractivity contribution in [2.24, 2.45) is 0 Å². The van der Waals surface area contributed by atoms with E-state index in [1.54, 1.807) is 24.3 Å². The second-order valence-corrected chi connectivity index (χ2v) is 8.11. The molecule has 5 aromatic rings. The van der Waals surface area contributed by atoms with Crippen molar-refractivity contribution < 1.29 is 19.1 Å². The van der Waals surface area contributed by atoms with E-state index in [1.165, 1.54) is 4.68 Å². The first-order valence-electron chi connectivity index (χ1n) is 9.78. The Kier molecular flexibility index (Phi) is 4.22. The number of fused-ring (bicyclic) bond motifs is 3. The average Bonchev–Trinajstić information content (AvgIpc) is 3.38. The normalized spacial score (nSPS) is 11.6. The van der Waals surface area contributed by atoms with Gasteiger partial charge in [-0.15, -0.1) is 10.2 Å². The maximum Gasteiger partial charge on any atom is 0.307 e. The highest BCUT2D eigenvalue weighted by atomic mass is 32.2. The Hall–Kier alpha value is -4.11. The summed E-state index contributed by atoms with van der Waals surface area (Å²) < 4.78 is 5.95. The molecule has 0 fully saturated rings. The van der Waals surface area contributed by atoms with E-state index in [1.807, 2.05) is 30.3 Å². The minimum absolute atomic E-state index is 0.0547. The Morgan fingerprint density at radius 2 is 1.69 bits per heavy atom. The van der Waals surface area contributed by atoms with Gasteiger partial charge in [0.2, 0.25) is 16.6 Å². The van der Waals surface area contributed by atoms with Gasteiger partial charge >= 0.3 is 5.69 Å². The highest BCUT2D eigenvalue weighted by molar-refractivity contribution is 7.99. The third-order valence-electron chi connectivity index (χ3n) is 5.29. The third kappa shape index (κ3) is 2.86. The Balaban J connectivity index is 1.29. The first kappa shape index (κ1) is 18.6. The maximum absolute atomic E-state index is 12.8. The van der Waals surface area contributed by atoms with Crippen molar-refractivity contribution in [3.63, 3.8) is 0 Å². The smallest absolute Gasteiger partial charge is 0.307 e. The third-order valence-corrected chi connectivity index (χ3v) is 6.13. The van der Waals surface area contributed by atoms with Crippen LogP contribution in [-0.4, -0.2) is 32.0 Å². The van der Waals surface area contributed by atoms with Crippen LogP contribution in [0.4, 0.5) is 0 Å². The van der Waals surface area contributed by atoms with Crippen molar-refractivity contribution in [2.75, 3.05) is 5.75 Å². The molecule has 0 saturated carbocycles. The Labute approximate surface area is 185 Å². The van der Waals surface area contributed by atoms with Gasteiger partial charge in [-0.05, 0) is 10.1 Å². The van der Waals surface area contributed by atoms with Gasteiger partial charge in [0.1, 0.15) is 11.4 Å². The van der Waals surface area contributed by atoms with Gasteiger partial charge in [-0.1, -0.05) is 66.4 Å². The Morgan fingerprint density at radius 1 is 0.938 bits per heavy atom. The number of hydrogen-bond acceptors (Lipinski definition) is 8. The average molecular weight is 439 g/mol. The lowest BCUT2D eigenvalue weighted by atomic mass is 10.0. The Morgan fingerprint density at radius 3 is 2.47 bits per heavy atom. The molecule has 0 radical (unpaired) electrons. The van der Waals surface area contributed by atoms with Gasteiger partial charge in [0.25, 0.3) is 0 Å². The molecule has 1 aliphatic carbocycles. The van der Waals surface area contributed by atoms with E-state index >= 15 is 0 Å². The molecule has 6 rings (SSSR count). The minimum atomic E-state index is -0.783. The summed E-state index contributed by atoms with van der Waals surface area (Å²) in [5.74, 6) is -1.27. The van der Waals surface area contributed by atoms with E-state index in [4.69, 9.17) is 4.52 Å². The molecule has 0 saturated heterocycles. The van der Waals surface area contributed by atoms with Crippen molar-refractivity contribution in [1.29, 1.82) is 0 Å². The predicted molar refractivity (Wildman–Crippen MR) is 114 cm³/mol. The molecule has 0 bridgehead atoms. The van der Waals surface area contributed by atoms with E-state index in [0.29, 0.717) is 10.8 Å². The maximum atomic E-state index is 12.8. The first-order chi connectivity index (χ1) is 15.7. The van der Waals surface area contributed by atoms with E-state index < -0.39 is 11.7 Å². The van der Waals surface area contributed by atoms with Gasteiger partial charge in [-0.3, -0.25) is 4.79 Å². The van der Waals surface area contributed by atoms with Crippen LogP contribution in [-0.2, 0) is 0 Å². The number of ketones is 1. The van der Waals surface area contributed by atoms with Crippen molar-refractivity contribution in [3.05, 3.63) is 72.4 Å². The van der Waals surface area contributed by atoms with Crippen LogP contribution >= 0.6 is 11.8 Å². The zero-order chi connectivity index (χ0) is 21.7. The monoisotopic (exact) mass is 439 g/mol. The number of carbonyl (C=O) groups is 1. The number of rotatable bonds is 5. The molecular weight excluding hydrogens is 426 g/mol. The molecule has 8 nitrogen and oxygen atoms in total. The molecule has 0 N–H and O–H groups in total. The van der Waals surface area contributed by atoms with Crippen molar-refractivity contribution in [1.82, 2.24) is 20.5 Å². The minimum Gasteiger partial charge on any atom is -0.539 e. The fourth-order valence-corrected chi connectivity index (χ4v) is 4.55. The molecule has 0 amide bonds. The number of benzene rings is 3. The second-order valence-electron chi connectivity index (χ2n) is 7.17. The van der Waals surface area contributed by atoms with Crippen molar-refractivity contribution in [2.45, 2.75) is 5.16 Å². The number of hydrogen-bond donors (Lipinski definition) is 0. The summed E-state index contributed by atoms with van der Waals surface area (Å²) in [6.07, 6.45) is 0. The molecule has 3 aromatic carbocycles. The van der Waals surface area contributed by atoms with Gasteiger partial charge in [0.15, 0.2) is 5.95 Å². The molecule has 32 heavy (non-hydrogen) atoms. The molecule has 0 atom stereocenters. The lowest BCUT2D eigenvalue weighted by molar-refractivity contribution is -0.672. The van der Waals surface area contributed by atoms with Crippen LogP contribution in [0.1, 0.15) is 10.5 Å². The van der Waals surface area contributed by atoms with E-state index in [-0.39, 0.29) is 11.4 Å². The predicted octanol–water partition coefficient (Wildman–Crippen LogP) is 2.99. The van der Waals surface area contributed by atoms with Crippen LogP contribution in [0.15, 0.2) is 76.4 Å². The molecular formula is C23H13N5O3S. The quantitative estimate of drug-likeness (QED) is 0.229. The first-order valence-corrected chi connectivity index (χ1v) is 10.8. The highest BCUT2D eigenvalue weighted by Crippen LogP contribution is 2.44. The van der Waals surface area contributed by atoms with E-state index in [9.17, 15) is 9.90 Å². The lowest BCUT2D eigenvalue weighted by Gasteiger charge is -2.02. The zero-order valence-corrected chi connectivity index (χ0v) is 17.2. The molecule has 2 heterocycles. The molecule has 154 valence electrons. The number of carbonyl (C=O) groups excluding carboxylic acids is 1. The summed E-state index contributed by atoms with van der Waals surface area (Å²) in [6.45, 7) is 0. The highest BCUT2D eigenvalue weighted by Gasteiger charge is 2.29. The van der Waals surface area contributed by atoms with Gasteiger partial charge < -0.3 is 9.63 Å². The van der Waals surface area contributed by atoms with E-state index in [0.717, 1.165) is 45.0 Å². The van der Waals surface area contributed by atoms with Crippen LogP contribution in [0.3, 0.4) is 0 Å². The fourth-order valence-electron chi connectivity index (χ4n) is 3.90. The number of Topliss-reactive ketones (excluding diaryl/α,β-unsaturated/α-hetero) is 1. The molecule has 9 heteroatoms. The summed E-state index contributed by atoms with van der Waals surface area (Å²) in [6, 6.07) is 21.0. The van der Waals surface area contributed by atoms with Crippen molar-refractivity contribution in [3.8, 4) is 34.1 Å². The van der Waals surface area contributed by atoms with Crippen molar-refractivity contribution >= 4 is 28.3 Å². The fraction of sp³-hybridized carbons (Fsp3) is 0.0435. The SMILES string of the molecule is O=C(CSc1nnc2c(n1)-c1cccc3cccc-2c13)c1c([O-])on[n+]1-c1ccccc1. The second kappa shape index (κ2) is 7.24. The van der Waals surface area contributed by atoms with Gasteiger partial charge in [0.05, 0.1) is 11.0 Å². The van der Waals surface area contributed by atoms with Gasteiger partial charge in [-0.25, -0.2) is 4.98 Å². The van der Waals surface area contributed by atoms with E-state index in [2.05, 4.69) is 32.6 Å². The van der Waals surface area contributed by atoms with Crippen LogP contribution in [0.25, 0.3) is 39.0 Å². The topological polar surface area (TPSA) is 109 Å². The molecule has 1 aliphatic rings. The lowest BCUT2D eigenvalue weighted by Crippen LogP contribution is -2.39. The summed E-state index contributed by atoms with van der Waals surface area (Å²) in [5, 5.41) is 27.0. The molecule has 2 aromatic heterocycles. The number of para-hydroxylation sites is 1. The standard InChI is InChI=1S/C23H13N5O3S/c29-17(21-22(30)31-27-28(21)14-8-2-1-3-9-14)12-32-23-24-19-15-10-4-6-13-7-5-11-16(18(13)15)20(19)25-26-23/h1-11H,12H2. The largest absolute Gasteiger partial charge is 0.539 e. The van der Waals surface area contributed by atoms with Crippen LogP contribution in [0.5, 0.6) is 5.95 Å². The molecule has 0 spiro atoms. The summed E-state index contributed by atoms with van der Waals surface area (Å²) in [7, 11) is 0. The number of thioether (sulfide) groups is 1. The summed E-state index contributed by atoms with van der Waals surface area (Å²) in [4.78, 5) is 17.5. The molecule has 0 aliphatic heterocycles. The van der Waals surface area contributed by atoms with Gasteiger partial charge in [-0.2, -0.15) is 0 Å². The summed E-state index contributed by atoms with van der Waals surface area (Å²) >= 11 is 1.12. The van der Waals surface area contributed by atoms with Gasteiger partial charge in [0, 0.05) is 28.6 Å². The Bertz CT molecular complexity index is 1510.